The van der Waals surface area contributed by atoms with Crippen LogP contribution in [-0.2, 0) is 16.0 Å². The molecule has 0 heterocycles. The molecule has 2 aromatic carbocycles. The molecule has 7 heteroatoms. The molecular formula is C17H15Cl3N2O2. The second kappa shape index (κ2) is 8.92. The van der Waals surface area contributed by atoms with Crippen molar-refractivity contribution in [2.75, 3.05) is 11.9 Å². The maximum absolute atomic E-state index is 11.9. The van der Waals surface area contributed by atoms with E-state index in [9.17, 15) is 9.59 Å². The van der Waals surface area contributed by atoms with E-state index in [1.807, 2.05) is 12.1 Å². The van der Waals surface area contributed by atoms with Crippen molar-refractivity contribution >= 4 is 52.3 Å². The highest BCUT2D eigenvalue weighted by atomic mass is 35.5. The predicted molar refractivity (Wildman–Crippen MR) is 97.9 cm³/mol. The maximum atomic E-state index is 11.9. The van der Waals surface area contributed by atoms with Crippen molar-refractivity contribution in [3.63, 3.8) is 0 Å². The molecule has 0 aliphatic heterocycles. The maximum Gasteiger partial charge on any atom is 0.233 e. The lowest BCUT2D eigenvalue weighted by Crippen LogP contribution is -2.29. The molecule has 0 unspecified atom stereocenters. The Morgan fingerprint density at radius 1 is 0.875 bits per heavy atom. The molecule has 2 amide bonds. The molecule has 2 N–H and O–H groups in total. The first kappa shape index (κ1) is 18.6. The molecule has 126 valence electrons. The molecule has 4 nitrogen and oxygen atoms in total. The van der Waals surface area contributed by atoms with E-state index in [1.54, 1.807) is 24.3 Å². The molecule has 0 fully saturated rings. The Morgan fingerprint density at radius 3 is 2.21 bits per heavy atom. The van der Waals surface area contributed by atoms with Crippen molar-refractivity contribution in [1.82, 2.24) is 5.32 Å². The average Bonchev–Trinajstić information content (AvgIpc) is 2.52. The third-order valence-corrected chi connectivity index (χ3v) is 3.98. The number of hydrogen-bond acceptors (Lipinski definition) is 2. The van der Waals surface area contributed by atoms with Gasteiger partial charge in [-0.3, -0.25) is 9.59 Å². The van der Waals surface area contributed by atoms with Gasteiger partial charge in [0.2, 0.25) is 11.8 Å². The molecule has 2 aromatic rings. The summed E-state index contributed by atoms with van der Waals surface area (Å²) in [6.07, 6.45) is 0.382. The lowest BCUT2D eigenvalue weighted by Gasteiger charge is -2.08. The van der Waals surface area contributed by atoms with Crippen molar-refractivity contribution in [3.8, 4) is 0 Å². The number of anilines is 1. The number of carbonyl (C=O) groups is 2. The van der Waals surface area contributed by atoms with Crippen LogP contribution in [0.4, 0.5) is 5.69 Å². The fourth-order valence-electron chi connectivity index (χ4n) is 1.99. The molecule has 0 saturated carbocycles. The third kappa shape index (κ3) is 6.04. The summed E-state index contributed by atoms with van der Waals surface area (Å²) in [5.74, 6) is -0.797. The van der Waals surface area contributed by atoms with Gasteiger partial charge < -0.3 is 10.6 Å². The first-order valence-electron chi connectivity index (χ1n) is 7.20. The lowest BCUT2D eigenvalue weighted by molar-refractivity contribution is -0.126. The fraction of sp³-hybridized carbons (Fsp3) is 0.176. The minimum Gasteiger partial charge on any atom is -0.355 e. The smallest absolute Gasteiger partial charge is 0.233 e. The van der Waals surface area contributed by atoms with Crippen LogP contribution in [-0.4, -0.2) is 18.4 Å². The fourth-order valence-corrected chi connectivity index (χ4v) is 2.57. The van der Waals surface area contributed by atoms with Gasteiger partial charge in [-0.1, -0.05) is 46.9 Å². The Balaban J connectivity index is 1.75. The van der Waals surface area contributed by atoms with Crippen molar-refractivity contribution in [2.45, 2.75) is 12.8 Å². The Kier molecular flexibility index (Phi) is 6.91. The SMILES string of the molecule is O=C(CC(=O)Nc1ccc(Cl)cc1Cl)NCCc1ccc(Cl)cc1. The second-order valence-electron chi connectivity index (χ2n) is 5.08. The Morgan fingerprint density at radius 2 is 1.54 bits per heavy atom. The van der Waals surface area contributed by atoms with Gasteiger partial charge in [0.15, 0.2) is 0 Å². The normalized spacial score (nSPS) is 10.3. The minimum atomic E-state index is -0.441. The van der Waals surface area contributed by atoms with Crippen LogP contribution >= 0.6 is 34.8 Å². The summed E-state index contributed by atoms with van der Waals surface area (Å²) in [5.41, 5.74) is 1.47. The number of hydrogen-bond donors (Lipinski definition) is 2. The van der Waals surface area contributed by atoms with E-state index < -0.39 is 5.91 Å². The van der Waals surface area contributed by atoms with E-state index in [0.717, 1.165) is 5.56 Å². The summed E-state index contributed by atoms with van der Waals surface area (Å²) in [6, 6.07) is 12.1. The van der Waals surface area contributed by atoms with E-state index >= 15 is 0 Å². The van der Waals surface area contributed by atoms with Gasteiger partial charge in [0, 0.05) is 16.6 Å². The van der Waals surface area contributed by atoms with Crippen LogP contribution in [0.25, 0.3) is 0 Å². The van der Waals surface area contributed by atoms with E-state index in [1.165, 1.54) is 6.07 Å². The van der Waals surface area contributed by atoms with Crippen molar-refractivity contribution in [1.29, 1.82) is 0 Å². The van der Waals surface area contributed by atoms with Crippen LogP contribution in [0.15, 0.2) is 42.5 Å². The highest BCUT2D eigenvalue weighted by Gasteiger charge is 2.11. The quantitative estimate of drug-likeness (QED) is 0.727. The summed E-state index contributed by atoms with van der Waals surface area (Å²) in [5, 5.41) is 6.73. The Bertz CT molecular complexity index is 733. The van der Waals surface area contributed by atoms with E-state index in [-0.39, 0.29) is 12.3 Å². The minimum absolute atomic E-state index is 0.278. The summed E-state index contributed by atoms with van der Waals surface area (Å²) in [7, 11) is 0. The van der Waals surface area contributed by atoms with Crippen molar-refractivity contribution < 1.29 is 9.59 Å². The molecule has 24 heavy (non-hydrogen) atoms. The molecule has 0 radical (unpaired) electrons. The van der Waals surface area contributed by atoms with E-state index in [2.05, 4.69) is 10.6 Å². The van der Waals surface area contributed by atoms with Gasteiger partial charge in [0.05, 0.1) is 10.7 Å². The van der Waals surface area contributed by atoms with Gasteiger partial charge in [0.1, 0.15) is 6.42 Å². The van der Waals surface area contributed by atoms with Gasteiger partial charge in [-0.05, 0) is 42.3 Å². The number of halogens is 3. The molecule has 2 rings (SSSR count). The van der Waals surface area contributed by atoms with Gasteiger partial charge in [-0.25, -0.2) is 0 Å². The summed E-state index contributed by atoms with van der Waals surface area (Å²) in [6.45, 7) is 0.440. The molecule has 0 bridgehead atoms. The van der Waals surface area contributed by atoms with Crippen LogP contribution in [0.2, 0.25) is 15.1 Å². The van der Waals surface area contributed by atoms with Crippen LogP contribution in [0, 0.1) is 0 Å². The number of rotatable bonds is 6. The topological polar surface area (TPSA) is 58.2 Å². The van der Waals surface area contributed by atoms with Crippen molar-refractivity contribution in [3.05, 3.63) is 63.1 Å². The number of benzene rings is 2. The zero-order valence-corrected chi connectivity index (χ0v) is 14.9. The third-order valence-electron chi connectivity index (χ3n) is 3.18. The van der Waals surface area contributed by atoms with Crippen LogP contribution in [0.5, 0.6) is 0 Å². The highest BCUT2D eigenvalue weighted by Crippen LogP contribution is 2.25. The number of carbonyl (C=O) groups excluding carboxylic acids is 2. The van der Waals surface area contributed by atoms with Gasteiger partial charge >= 0.3 is 0 Å². The Labute approximate surface area is 155 Å². The predicted octanol–water partition coefficient (Wildman–Crippen LogP) is 4.33. The van der Waals surface area contributed by atoms with Gasteiger partial charge in [-0.15, -0.1) is 0 Å². The molecule has 0 saturated heterocycles. The van der Waals surface area contributed by atoms with Crippen LogP contribution in [0.3, 0.4) is 0 Å². The van der Waals surface area contributed by atoms with E-state index in [4.69, 9.17) is 34.8 Å². The summed E-state index contributed by atoms with van der Waals surface area (Å²) < 4.78 is 0. The number of nitrogens with one attached hydrogen (secondary N) is 2. The number of amides is 2. The summed E-state index contributed by atoms with van der Waals surface area (Å²) in [4.78, 5) is 23.6. The second-order valence-corrected chi connectivity index (χ2v) is 6.36. The highest BCUT2D eigenvalue weighted by molar-refractivity contribution is 6.36. The monoisotopic (exact) mass is 384 g/mol. The first-order chi connectivity index (χ1) is 11.4. The molecule has 0 aromatic heterocycles. The van der Waals surface area contributed by atoms with Crippen LogP contribution in [0.1, 0.15) is 12.0 Å². The van der Waals surface area contributed by atoms with Crippen molar-refractivity contribution in [2.24, 2.45) is 0 Å². The lowest BCUT2D eigenvalue weighted by atomic mass is 10.1. The molecule has 0 aliphatic carbocycles. The van der Waals surface area contributed by atoms with Crippen LogP contribution < -0.4 is 10.6 Å². The standard InChI is InChI=1S/C17H15Cl3N2O2/c18-12-3-1-11(2-4-12)7-8-21-16(23)10-17(24)22-15-6-5-13(19)9-14(15)20/h1-6,9H,7-8,10H2,(H,21,23)(H,22,24). The largest absolute Gasteiger partial charge is 0.355 e. The van der Waals surface area contributed by atoms with Gasteiger partial charge in [0.25, 0.3) is 0 Å². The van der Waals surface area contributed by atoms with Gasteiger partial charge in [-0.2, -0.15) is 0 Å². The van der Waals surface area contributed by atoms with E-state index in [0.29, 0.717) is 33.7 Å². The summed E-state index contributed by atoms with van der Waals surface area (Å²) >= 11 is 17.6. The molecule has 0 spiro atoms. The molecule has 0 atom stereocenters. The Hall–Kier alpha value is -1.75. The zero-order chi connectivity index (χ0) is 17.5. The zero-order valence-electron chi connectivity index (χ0n) is 12.6. The first-order valence-corrected chi connectivity index (χ1v) is 8.33. The molecule has 0 aliphatic rings. The molecular weight excluding hydrogens is 371 g/mol. The average molecular weight is 386 g/mol.